The van der Waals surface area contributed by atoms with E-state index in [-0.39, 0.29) is 5.54 Å². The predicted octanol–water partition coefficient (Wildman–Crippen LogP) is 2.58. The van der Waals surface area contributed by atoms with E-state index < -0.39 is 0 Å². The zero-order chi connectivity index (χ0) is 14.6. The highest BCUT2D eigenvalue weighted by Gasteiger charge is 2.18. The Bertz CT molecular complexity index is 405. The van der Waals surface area contributed by atoms with Gasteiger partial charge in [0.2, 0.25) is 0 Å². The molecule has 4 heteroatoms. The van der Waals surface area contributed by atoms with Crippen molar-refractivity contribution >= 4 is 5.82 Å². The summed E-state index contributed by atoms with van der Waals surface area (Å²) in [6.45, 7) is 9.20. The molecular weight excluding hydrogens is 250 g/mol. The summed E-state index contributed by atoms with van der Waals surface area (Å²) in [6.07, 6.45) is 4.67. The van der Waals surface area contributed by atoms with Gasteiger partial charge in [0, 0.05) is 38.5 Å². The minimum Gasteiger partial charge on any atom is -0.376 e. The van der Waals surface area contributed by atoms with Crippen molar-refractivity contribution in [2.24, 2.45) is 0 Å². The molecule has 20 heavy (non-hydrogen) atoms. The van der Waals surface area contributed by atoms with Crippen molar-refractivity contribution in [1.82, 2.24) is 10.3 Å². The summed E-state index contributed by atoms with van der Waals surface area (Å²) in [5, 5.41) is 3.47. The summed E-state index contributed by atoms with van der Waals surface area (Å²) < 4.78 is 5.67. The summed E-state index contributed by atoms with van der Waals surface area (Å²) in [5.74, 6) is 1.01. The quantitative estimate of drug-likeness (QED) is 0.897. The van der Waals surface area contributed by atoms with Crippen molar-refractivity contribution in [2.75, 3.05) is 25.1 Å². The Balaban J connectivity index is 1.86. The van der Waals surface area contributed by atoms with Gasteiger partial charge in [-0.25, -0.2) is 4.98 Å². The SMILES string of the molecule is CN(CC1CCCO1)c1ccc(CNC(C)(C)C)cn1. The third kappa shape index (κ3) is 4.76. The minimum absolute atomic E-state index is 0.134. The van der Waals surface area contributed by atoms with E-state index in [1.807, 2.05) is 6.20 Å². The highest BCUT2D eigenvalue weighted by Crippen LogP contribution is 2.16. The Morgan fingerprint density at radius 3 is 2.75 bits per heavy atom. The highest BCUT2D eigenvalue weighted by atomic mass is 16.5. The zero-order valence-electron chi connectivity index (χ0n) is 13.1. The van der Waals surface area contributed by atoms with Gasteiger partial charge in [-0.3, -0.25) is 0 Å². The second-order valence-corrected chi connectivity index (χ2v) is 6.64. The molecule has 1 aliphatic heterocycles. The van der Waals surface area contributed by atoms with E-state index >= 15 is 0 Å². The fourth-order valence-corrected chi connectivity index (χ4v) is 2.30. The molecule has 1 atom stereocenters. The molecule has 1 aliphatic rings. The third-order valence-electron chi connectivity index (χ3n) is 3.52. The lowest BCUT2D eigenvalue weighted by Crippen LogP contribution is -2.35. The lowest BCUT2D eigenvalue weighted by Gasteiger charge is -2.23. The van der Waals surface area contributed by atoms with Crippen LogP contribution in [0.15, 0.2) is 18.3 Å². The van der Waals surface area contributed by atoms with Crippen LogP contribution in [0.1, 0.15) is 39.2 Å². The van der Waals surface area contributed by atoms with Gasteiger partial charge in [0.05, 0.1) is 6.10 Å². The number of nitrogens with one attached hydrogen (secondary N) is 1. The number of hydrogen-bond acceptors (Lipinski definition) is 4. The first-order valence-electron chi connectivity index (χ1n) is 7.47. The van der Waals surface area contributed by atoms with Crippen LogP contribution >= 0.6 is 0 Å². The average Bonchev–Trinajstić information content (AvgIpc) is 2.89. The lowest BCUT2D eigenvalue weighted by atomic mass is 10.1. The van der Waals surface area contributed by atoms with Gasteiger partial charge in [0.15, 0.2) is 0 Å². The molecule has 0 spiro atoms. The third-order valence-corrected chi connectivity index (χ3v) is 3.52. The molecule has 0 aliphatic carbocycles. The summed E-state index contributed by atoms with van der Waals surface area (Å²) in [4.78, 5) is 6.73. The first-order chi connectivity index (χ1) is 9.44. The zero-order valence-corrected chi connectivity index (χ0v) is 13.1. The standard InChI is InChI=1S/C16H27N3O/c1-16(2,3)18-11-13-7-8-15(17-10-13)19(4)12-14-6-5-9-20-14/h7-8,10,14,18H,5-6,9,11-12H2,1-4H3. The molecule has 0 radical (unpaired) electrons. The van der Waals surface area contributed by atoms with Crippen molar-refractivity contribution in [1.29, 1.82) is 0 Å². The van der Waals surface area contributed by atoms with E-state index in [1.54, 1.807) is 0 Å². The number of hydrogen-bond donors (Lipinski definition) is 1. The van der Waals surface area contributed by atoms with Crippen LogP contribution < -0.4 is 10.2 Å². The molecule has 0 amide bonds. The molecule has 1 aromatic heterocycles. The number of rotatable bonds is 5. The van der Waals surface area contributed by atoms with Gasteiger partial charge in [-0.2, -0.15) is 0 Å². The number of anilines is 1. The normalized spacial score (nSPS) is 19.3. The summed E-state index contributed by atoms with van der Waals surface area (Å²) in [6, 6.07) is 4.24. The van der Waals surface area contributed by atoms with Gasteiger partial charge >= 0.3 is 0 Å². The monoisotopic (exact) mass is 277 g/mol. The first kappa shape index (κ1) is 15.3. The predicted molar refractivity (Wildman–Crippen MR) is 83.1 cm³/mol. The lowest BCUT2D eigenvalue weighted by molar-refractivity contribution is 0.116. The van der Waals surface area contributed by atoms with E-state index in [1.165, 1.54) is 12.0 Å². The summed E-state index contributed by atoms with van der Waals surface area (Å²) in [7, 11) is 2.08. The number of pyridine rings is 1. The molecule has 0 aromatic carbocycles. The number of ether oxygens (including phenoxy) is 1. The molecule has 1 N–H and O–H groups in total. The Morgan fingerprint density at radius 1 is 1.40 bits per heavy atom. The number of likely N-dealkylation sites (N-methyl/N-ethyl adjacent to an activating group) is 1. The van der Waals surface area contributed by atoms with E-state index in [0.717, 1.165) is 31.9 Å². The maximum absolute atomic E-state index is 5.67. The Labute approximate surface area is 122 Å². The van der Waals surface area contributed by atoms with Gasteiger partial charge in [-0.15, -0.1) is 0 Å². The van der Waals surface area contributed by atoms with Gasteiger partial charge in [-0.05, 0) is 45.2 Å². The van der Waals surface area contributed by atoms with Crippen molar-refractivity contribution in [2.45, 2.75) is 51.8 Å². The number of nitrogens with zero attached hydrogens (tertiary/aromatic N) is 2. The van der Waals surface area contributed by atoms with E-state index in [0.29, 0.717) is 6.10 Å². The molecule has 2 heterocycles. The van der Waals surface area contributed by atoms with Crippen molar-refractivity contribution in [3.63, 3.8) is 0 Å². The van der Waals surface area contributed by atoms with Crippen LogP contribution in [0.5, 0.6) is 0 Å². The average molecular weight is 277 g/mol. The second kappa shape index (κ2) is 6.55. The topological polar surface area (TPSA) is 37.4 Å². The van der Waals surface area contributed by atoms with Crippen LogP contribution in [0.3, 0.4) is 0 Å². The van der Waals surface area contributed by atoms with Crippen LogP contribution in [0.2, 0.25) is 0 Å². The Kier molecular flexibility index (Phi) is 5.00. The van der Waals surface area contributed by atoms with E-state index in [2.05, 4.69) is 55.2 Å². The summed E-state index contributed by atoms with van der Waals surface area (Å²) >= 11 is 0. The van der Waals surface area contributed by atoms with Crippen molar-refractivity contribution < 1.29 is 4.74 Å². The minimum atomic E-state index is 0.134. The van der Waals surface area contributed by atoms with E-state index in [9.17, 15) is 0 Å². The smallest absolute Gasteiger partial charge is 0.128 e. The fourth-order valence-electron chi connectivity index (χ4n) is 2.30. The van der Waals surface area contributed by atoms with E-state index in [4.69, 9.17) is 4.74 Å². The van der Waals surface area contributed by atoms with Crippen LogP contribution in [0, 0.1) is 0 Å². The fraction of sp³-hybridized carbons (Fsp3) is 0.688. The molecule has 0 saturated carbocycles. The van der Waals surface area contributed by atoms with Crippen molar-refractivity contribution in [3.05, 3.63) is 23.9 Å². The van der Waals surface area contributed by atoms with Crippen LogP contribution in [0.25, 0.3) is 0 Å². The second-order valence-electron chi connectivity index (χ2n) is 6.64. The number of aromatic nitrogens is 1. The molecular formula is C16H27N3O. The highest BCUT2D eigenvalue weighted by molar-refractivity contribution is 5.38. The molecule has 112 valence electrons. The maximum atomic E-state index is 5.67. The maximum Gasteiger partial charge on any atom is 0.128 e. The molecule has 1 aromatic rings. The molecule has 2 rings (SSSR count). The van der Waals surface area contributed by atoms with Crippen LogP contribution in [-0.2, 0) is 11.3 Å². The molecule has 1 saturated heterocycles. The molecule has 0 bridgehead atoms. The van der Waals surface area contributed by atoms with Crippen molar-refractivity contribution in [3.8, 4) is 0 Å². The van der Waals surface area contributed by atoms with Crippen LogP contribution in [0.4, 0.5) is 5.82 Å². The molecule has 1 fully saturated rings. The van der Waals surface area contributed by atoms with Gasteiger partial charge in [0.25, 0.3) is 0 Å². The molecule has 4 nitrogen and oxygen atoms in total. The first-order valence-corrected chi connectivity index (χ1v) is 7.47. The van der Waals surface area contributed by atoms with Gasteiger partial charge in [-0.1, -0.05) is 6.07 Å². The van der Waals surface area contributed by atoms with Gasteiger partial charge < -0.3 is 15.0 Å². The Morgan fingerprint density at radius 2 is 2.20 bits per heavy atom. The van der Waals surface area contributed by atoms with Crippen LogP contribution in [-0.4, -0.2) is 36.8 Å². The summed E-state index contributed by atoms with van der Waals surface area (Å²) in [5.41, 5.74) is 1.35. The molecule has 1 unspecified atom stereocenters. The Hall–Kier alpha value is -1.13. The largest absolute Gasteiger partial charge is 0.376 e. The van der Waals surface area contributed by atoms with Gasteiger partial charge in [0.1, 0.15) is 5.82 Å².